The maximum atomic E-state index is 2.48. The smallest absolute Gasteiger partial charge is 0.0618 e. The maximum absolute atomic E-state index is 2.48. The Labute approximate surface area is 350 Å². The molecule has 0 saturated heterocycles. The number of hydrogen-bond acceptors (Lipinski definition) is 1. The Bertz CT molecular complexity index is 3280. The summed E-state index contributed by atoms with van der Waals surface area (Å²) in [6.45, 7) is 0. The van der Waals surface area contributed by atoms with Gasteiger partial charge in [0.1, 0.15) is 0 Å². The molecule has 2 nitrogen and oxygen atoms in total. The van der Waals surface area contributed by atoms with Gasteiger partial charge in [0, 0.05) is 38.7 Å². The third kappa shape index (κ3) is 6.23. The Morgan fingerprint density at radius 3 is 1.47 bits per heavy atom. The largest absolute Gasteiger partial charge is 0.309 e. The van der Waals surface area contributed by atoms with Crippen LogP contribution in [0.3, 0.4) is 0 Å². The van der Waals surface area contributed by atoms with Crippen LogP contribution in [0.25, 0.3) is 82.8 Å². The summed E-state index contributed by atoms with van der Waals surface area (Å²) in [5, 5.41) is 4.81. The van der Waals surface area contributed by atoms with E-state index in [1.54, 1.807) is 0 Å². The Morgan fingerprint density at radius 1 is 0.283 bits per heavy atom. The highest BCUT2D eigenvalue weighted by molar-refractivity contribution is 6.12. The molecular weight excluding hydrogens is 725 g/mol. The molecule has 0 radical (unpaired) electrons. The van der Waals surface area contributed by atoms with E-state index in [0.717, 1.165) is 28.3 Å². The highest BCUT2D eigenvalue weighted by atomic mass is 15.1. The van der Waals surface area contributed by atoms with Gasteiger partial charge in [0.2, 0.25) is 0 Å². The molecule has 0 amide bonds. The normalized spacial score (nSPS) is 11.3. The van der Waals surface area contributed by atoms with Crippen LogP contribution in [0.2, 0.25) is 0 Å². The van der Waals surface area contributed by atoms with Crippen molar-refractivity contribution in [1.29, 1.82) is 0 Å². The molecule has 0 atom stereocenters. The van der Waals surface area contributed by atoms with Crippen LogP contribution in [0.5, 0.6) is 0 Å². The molecule has 0 fully saturated rings. The van der Waals surface area contributed by atoms with Gasteiger partial charge in [-0.15, -0.1) is 0 Å². The monoisotopic (exact) mass is 764 g/mol. The second-order valence-corrected chi connectivity index (χ2v) is 15.3. The molecule has 282 valence electrons. The molecule has 0 spiro atoms. The number of benzene rings is 10. The minimum atomic E-state index is 1.08. The Hall–Kier alpha value is -7.94. The van der Waals surface area contributed by atoms with Crippen molar-refractivity contribution in [1.82, 2.24) is 4.57 Å². The van der Waals surface area contributed by atoms with Crippen molar-refractivity contribution in [3.8, 4) is 50.2 Å². The van der Waals surface area contributed by atoms with E-state index < -0.39 is 0 Å². The molecule has 11 rings (SSSR count). The lowest BCUT2D eigenvalue weighted by Gasteiger charge is -2.30. The fourth-order valence-electron chi connectivity index (χ4n) is 8.94. The van der Waals surface area contributed by atoms with Crippen molar-refractivity contribution in [2.45, 2.75) is 0 Å². The highest BCUT2D eigenvalue weighted by Crippen LogP contribution is 2.47. The minimum Gasteiger partial charge on any atom is -0.309 e. The van der Waals surface area contributed by atoms with Gasteiger partial charge in [-0.25, -0.2) is 0 Å². The fourth-order valence-corrected chi connectivity index (χ4v) is 8.94. The number of anilines is 3. The number of para-hydroxylation sites is 1. The zero-order chi connectivity index (χ0) is 39.8. The summed E-state index contributed by atoms with van der Waals surface area (Å²) in [5.41, 5.74) is 16.2. The van der Waals surface area contributed by atoms with Crippen LogP contribution in [-0.4, -0.2) is 4.57 Å². The summed E-state index contributed by atoms with van der Waals surface area (Å²) in [4.78, 5) is 2.47. The maximum Gasteiger partial charge on any atom is 0.0618 e. The second-order valence-electron chi connectivity index (χ2n) is 15.3. The van der Waals surface area contributed by atoms with Crippen molar-refractivity contribution in [3.63, 3.8) is 0 Å². The summed E-state index contributed by atoms with van der Waals surface area (Å²) in [7, 11) is 0. The Kier molecular flexibility index (Phi) is 8.87. The summed E-state index contributed by atoms with van der Waals surface area (Å²) in [6.07, 6.45) is 0. The third-order valence-electron chi connectivity index (χ3n) is 11.8. The van der Waals surface area contributed by atoms with Crippen molar-refractivity contribution in [2.75, 3.05) is 4.90 Å². The quantitative estimate of drug-likeness (QED) is 0.150. The average molecular weight is 765 g/mol. The molecule has 1 aromatic heterocycles. The van der Waals surface area contributed by atoms with Crippen LogP contribution in [0.1, 0.15) is 0 Å². The van der Waals surface area contributed by atoms with Gasteiger partial charge in [0.15, 0.2) is 0 Å². The van der Waals surface area contributed by atoms with Crippen molar-refractivity contribution >= 4 is 49.6 Å². The molecule has 0 saturated carbocycles. The lowest BCUT2D eigenvalue weighted by atomic mass is 9.96. The zero-order valence-corrected chi connectivity index (χ0v) is 33.0. The second kappa shape index (κ2) is 15.1. The van der Waals surface area contributed by atoms with E-state index in [9.17, 15) is 0 Å². The summed E-state index contributed by atoms with van der Waals surface area (Å²) < 4.78 is 2.48. The SMILES string of the molecule is c1ccc(-c2ccc(N(c3ccc4c5ccccc5n(-c5ccc(-c6ccccc6)cc5-c5ccccc5)c4c3)c3c(-c4ccccc4)ccc4ccccc34)cc2)cc1. The van der Waals surface area contributed by atoms with Crippen molar-refractivity contribution < 1.29 is 0 Å². The molecule has 0 unspecified atom stereocenters. The molecular formula is C58H40N2. The van der Waals surface area contributed by atoms with Gasteiger partial charge in [0.25, 0.3) is 0 Å². The predicted molar refractivity (Wildman–Crippen MR) is 255 cm³/mol. The van der Waals surface area contributed by atoms with Gasteiger partial charge in [0.05, 0.1) is 22.4 Å². The van der Waals surface area contributed by atoms with E-state index in [1.807, 2.05) is 0 Å². The topological polar surface area (TPSA) is 8.17 Å². The molecule has 0 aliphatic heterocycles. The number of hydrogen-bond donors (Lipinski definition) is 0. The van der Waals surface area contributed by atoms with Crippen LogP contribution in [0.15, 0.2) is 243 Å². The number of nitrogens with zero attached hydrogens (tertiary/aromatic N) is 2. The molecule has 2 heteroatoms. The van der Waals surface area contributed by atoms with Crippen LogP contribution in [-0.2, 0) is 0 Å². The number of rotatable bonds is 8. The zero-order valence-electron chi connectivity index (χ0n) is 33.0. The molecule has 0 aliphatic rings. The molecule has 10 aromatic carbocycles. The number of aromatic nitrogens is 1. The van der Waals surface area contributed by atoms with E-state index in [1.165, 1.54) is 71.6 Å². The highest BCUT2D eigenvalue weighted by Gasteiger charge is 2.23. The average Bonchev–Trinajstić information content (AvgIpc) is 3.66. The fraction of sp³-hybridized carbons (Fsp3) is 0. The molecule has 60 heavy (non-hydrogen) atoms. The van der Waals surface area contributed by atoms with Gasteiger partial charge in [-0.3, -0.25) is 0 Å². The summed E-state index contributed by atoms with van der Waals surface area (Å²) >= 11 is 0. The minimum absolute atomic E-state index is 1.08. The van der Waals surface area contributed by atoms with E-state index in [-0.39, 0.29) is 0 Å². The van der Waals surface area contributed by atoms with Gasteiger partial charge in [-0.1, -0.05) is 200 Å². The van der Waals surface area contributed by atoms with E-state index in [4.69, 9.17) is 0 Å². The summed E-state index contributed by atoms with van der Waals surface area (Å²) in [5.74, 6) is 0. The molecule has 0 N–H and O–H groups in total. The van der Waals surface area contributed by atoms with Gasteiger partial charge in [-0.05, 0) is 81.2 Å². The molecule has 0 bridgehead atoms. The molecule has 0 aliphatic carbocycles. The predicted octanol–water partition coefficient (Wildman–Crippen LogP) is 16.1. The van der Waals surface area contributed by atoms with Crippen molar-refractivity contribution in [2.24, 2.45) is 0 Å². The van der Waals surface area contributed by atoms with E-state index in [0.29, 0.717) is 0 Å². The Morgan fingerprint density at radius 2 is 0.783 bits per heavy atom. The third-order valence-corrected chi connectivity index (χ3v) is 11.8. The van der Waals surface area contributed by atoms with E-state index >= 15 is 0 Å². The van der Waals surface area contributed by atoms with Crippen molar-refractivity contribution in [3.05, 3.63) is 243 Å². The van der Waals surface area contributed by atoms with Crippen LogP contribution < -0.4 is 4.90 Å². The Balaban J connectivity index is 1.19. The molecule has 11 aromatic rings. The molecule has 1 heterocycles. The first-order valence-electron chi connectivity index (χ1n) is 20.6. The lowest BCUT2D eigenvalue weighted by Crippen LogP contribution is -2.12. The van der Waals surface area contributed by atoms with Crippen LogP contribution >= 0.6 is 0 Å². The van der Waals surface area contributed by atoms with Gasteiger partial charge in [-0.2, -0.15) is 0 Å². The first-order chi connectivity index (χ1) is 29.8. The van der Waals surface area contributed by atoms with Gasteiger partial charge < -0.3 is 9.47 Å². The van der Waals surface area contributed by atoms with Crippen LogP contribution in [0.4, 0.5) is 17.1 Å². The van der Waals surface area contributed by atoms with Gasteiger partial charge >= 0.3 is 0 Å². The van der Waals surface area contributed by atoms with Crippen LogP contribution in [0, 0.1) is 0 Å². The first kappa shape index (κ1) is 35.2. The summed E-state index contributed by atoms with van der Waals surface area (Å²) in [6, 6.07) is 88.0. The van der Waals surface area contributed by atoms with E-state index in [2.05, 4.69) is 252 Å². The standard InChI is InChI=1S/C58H40N2/c1-5-17-41(18-6-1)43-29-33-48(34-30-43)59(58-50-26-14-13-25-46(50)31-36-51(58)44-21-9-3-10-22-44)49-35-37-53-52-27-15-16-28-55(52)60(57(53)40-49)56-38-32-47(42-19-7-2-8-20-42)39-54(56)45-23-11-4-12-24-45/h1-40H. The lowest BCUT2D eigenvalue weighted by molar-refractivity contribution is 1.18. The number of fused-ring (bicyclic) bond motifs is 4. The first-order valence-corrected chi connectivity index (χ1v) is 20.6.